The highest BCUT2D eigenvalue weighted by Crippen LogP contribution is 2.31. The van der Waals surface area contributed by atoms with Crippen molar-refractivity contribution in [2.24, 2.45) is 11.8 Å². The van der Waals surface area contributed by atoms with E-state index in [9.17, 15) is 9.90 Å². The molecule has 122 valence electrons. The Labute approximate surface area is 136 Å². The Morgan fingerprint density at radius 2 is 2.27 bits per heavy atom. The molecule has 0 radical (unpaired) electrons. The Bertz CT molecular complexity index is 546. The van der Waals surface area contributed by atoms with E-state index < -0.39 is 5.54 Å². The molecule has 0 spiro atoms. The van der Waals surface area contributed by atoms with Gasteiger partial charge in [0, 0.05) is 6.07 Å². The van der Waals surface area contributed by atoms with Gasteiger partial charge in [-0.3, -0.25) is 4.79 Å². The van der Waals surface area contributed by atoms with Gasteiger partial charge in [0.2, 0.25) is 0 Å². The Kier molecular flexibility index (Phi) is 5.29. The maximum atomic E-state index is 12.4. The first-order valence-corrected chi connectivity index (χ1v) is 7.95. The maximum Gasteiger partial charge on any atom is 0.270 e. The lowest BCUT2D eigenvalue weighted by molar-refractivity contribution is 0.0778. The third-order valence-corrected chi connectivity index (χ3v) is 4.51. The predicted octanol–water partition coefficient (Wildman–Crippen LogP) is 2.66. The number of hydrogen-bond acceptors (Lipinski definition) is 4. The van der Waals surface area contributed by atoms with Crippen molar-refractivity contribution in [3.63, 3.8) is 0 Å². The first-order valence-electron chi connectivity index (χ1n) is 7.57. The Balaban J connectivity index is 2.09. The van der Waals surface area contributed by atoms with Crippen LogP contribution in [-0.4, -0.2) is 34.8 Å². The molecule has 22 heavy (non-hydrogen) atoms. The lowest BCUT2D eigenvalue weighted by Crippen LogP contribution is -2.52. The molecular weight excluding hydrogens is 304 g/mol. The van der Waals surface area contributed by atoms with Crippen LogP contribution in [0.15, 0.2) is 12.3 Å². The summed E-state index contributed by atoms with van der Waals surface area (Å²) in [7, 11) is 0. The number of aliphatic hydroxyl groups excluding tert-OH is 1. The Morgan fingerprint density at radius 3 is 2.82 bits per heavy atom. The van der Waals surface area contributed by atoms with E-state index in [0.29, 0.717) is 23.3 Å². The number of nitrogens with zero attached hydrogens (tertiary/aromatic N) is 1. The molecule has 5 nitrogen and oxygen atoms in total. The Hall–Kier alpha value is -1.33. The van der Waals surface area contributed by atoms with Gasteiger partial charge in [-0.05, 0) is 31.6 Å². The van der Waals surface area contributed by atoms with Crippen LogP contribution in [0.5, 0.6) is 5.75 Å². The van der Waals surface area contributed by atoms with E-state index in [2.05, 4.69) is 10.3 Å². The second-order valence-electron chi connectivity index (χ2n) is 6.44. The standard InChI is InChI=1S/C16H23ClN2O3/c1-10(2)16(3,9-20)19-15(21)13-6-14(12(17)7-18-13)22-8-11-4-5-11/h6-7,10-11,20H,4-5,8-9H2,1-3H3,(H,19,21)/t16-/m0/s1. The van der Waals surface area contributed by atoms with Crippen molar-refractivity contribution >= 4 is 17.5 Å². The van der Waals surface area contributed by atoms with E-state index in [1.165, 1.54) is 19.0 Å². The monoisotopic (exact) mass is 326 g/mol. The summed E-state index contributed by atoms with van der Waals surface area (Å²) in [4.78, 5) is 16.4. The van der Waals surface area contributed by atoms with Gasteiger partial charge in [-0.25, -0.2) is 4.98 Å². The highest BCUT2D eigenvalue weighted by atomic mass is 35.5. The van der Waals surface area contributed by atoms with E-state index in [4.69, 9.17) is 16.3 Å². The molecule has 2 N–H and O–H groups in total. The zero-order valence-electron chi connectivity index (χ0n) is 13.2. The number of nitrogens with one attached hydrogen (secondary N) is 1. The molecule has 0 bridgehead atoms. The molecule has 1 aliphatic rings. The van der Waals surface area contributed by atoms with Crippen LogP contribution in [0.1, 0.15) is 44.1 Å². The number of hydrogen-bond donors (Lipinski definition) is 2. The van der Waals surface area contributed by atoms with Crippen LogP contribution in [0, 0.1) is 11.8 Å². The van der Waals surface area contributed by atoms with E-state index in [1.807, 2.05) is 13.8 Å². The molecule has 2 rings (SSSR count). The van der Waals surface area contributed by atoms with Gasteiger partial charge in [0.25, 0.3) is 5.91 Å². The average molecular weight is 327 g/mol. The molecule has 0 saturated heterocycles. The first-order chi connectivity index (χ1) is 10.4. The summed E-state index contributed by atoms with van der Waals surface area (Å²) < 4.78 is 5.65. The largest absolute Gasteiger partial charge is 0.492 e. The van der Waals surface area contributed by atoms with Crippen molar-refractivity contribution in [3.05, 3.63) is 23.0 Å². The molecular formula is C16H23ClN2O3. The maximum absolute atomic E-state index is 12.4. The number of aliphatic hydroxyl groups is 1. The average Bonchev–Trinajstić information content (AvgIpc) is 3.30. The minimum Gasteiger partial charge on any atom is -0.492 e. The van der Waals surface area contributed by atoms with Crippen LogP contribution in [0.4, 0.5) is 0 Å². The van der Waals surface area contributed by atoms with Crippen molar-refractivity contribution in [1.82, 2.24) is 10.3 Å². The first kappa shape index (κ1) is 17.0. The zero-order chi connectivity index (χ0) is 16.3. The summed E-state index contributed by atoms with van der Waals surface area (Å²) in [6.07, 6.45) is 3.78. The van der Waals surface area contributed by atoms with Gasteiger partial charge in [0.05, 0.1) is 24.9 Å². The summed E-state index contributed by atoms with van der Waals surface area (Å²) in [5.74, 6) is 0.807. The molecule has 1 heterocycles. The van der Waals surface area contributed by atoms with Gasteiger partial charge in [0.15, 0.2) is 0 Å². The SMILES string of the molecule is CC(C)[C@](C)(CO)NC(=O)c1cc(OCC2CC2)c(Cl)cn1. The topological polar surface area (TPSA) is 71.5 Å². The second-order valence-corrected chi connectivity index (χ2v) is 6.85. The number of ether oxygens (including phenoxy) is 1. The minimum atomic E-state index is -0.701. The Morgan fingerprint density at radius 1 is 1.59 bits per heavy atom. The number of carbonyl (C=O) groups excluding carboxylic acids is 1. The molecule has 0 unspecified atom stereocenters. The van der Waals surface area contributed by atoms with E-state index >= 15 is 0 Å². The van der Waals surface area contributed by atoms with Gasteiger partial charge in [-0.2, -0.15) is 0 Å². The number of rotatable bonds is 7. The predicted molar refractivity (Wildman–Crippen MR) is 85.3 cm³/mol. The fourth-order valence-corrected chi connectivity index (χ4v) is 1.99. The van der Waals surface area contributed by atoms with Crippen LogP contribution in [0.3, 0.4) is 0 Å². The molecule has 1 amide bonds. The molecule has 1 atom stereocenters. The van der Waals surface area contributed by atoms with E-state index in [1.54, 1.807) is 13.0 Å². The second kappa shape index (κ2) is 6.84. The molecule has 6 heteroatoms. The molecule has 1 aromatic rings. The molecule has 1 aromatic heterocycles. The van der Waals surface area contributed by atoms with E-state index in [0.717, 1.165) is 0 Å². The van der Waals surface area contributed by atoms with Crippen molar-refractivity contribution in [2.75, 3.05) is 13.2 Å². The highest BCUT2D eigenvalue weighted by Gasteiger charge is 2.30. The van der Waals surface area contributed by atoms with Crippen molar-refractivity contribution in [2.45, 2.75) is 39.2 Å². The summed E-state index contributed by atoms with van der Waals surface area (Å²) in [5.41, 5.74) is -0.469. The van der Waals surface area contributed by atoms with Crippen LogP contribution >= 0.6 is 11.6 Å². The normalized spacial score (nSPS) is 17.2. The van der Waals surface area contributed by atoms with Crippen LogP contribution in [0.25, 0.3) is 0 Å². The molecule has 0 aromatic carbocycles. The van der Waals surface area contributed by atoms with Gasteiger partial charge in [0.1, 0.15) is 16.5 Å². The molecule has 1 fully saturated rings. The summed E-state index contributed by atoms with van der Waals surface area (Å²) in [6, 6.07) is 1.55. The van der Waals surface area contributed by atoms with Gasteiger partial charge < -0.3 is 15.2 Å². The molecule has 1 saturated carbocycles. The minimum absolute atomic E-state index is 0.0827. The van der Waals surface area contributed by atoms with Gasteiger partial charge in [-0.15, -0.1) is 0 Å². The highest BCUT2D eigenvalue weighted by molar-refractivity contribution is 6.32. The number of halogens is 1. The van der Waals surface area contributed by atoms with Crippen LogP contribution in [-0.2, 0) is 0 Å². The van der Waals surface area contributed by atoms with E-state index in [-0.39, 0.29) is 24.1 Å². The summed E-state index contributed by atoms with van der Waals surface area (Å²) in [6.45, 7) is 6.15. The smallest absolute Gasteiger partial charge is 0.270 e. The fourth-order valence-electron chi connectivity index (χ4n) is 1.84. The van der Waals surface area contributed by atoms with Gasteiger partial charge in [-0.1, -0.05) is 25.4 Å². The number of carbonyl (C=O) groups is 1. The number of aromatic nitrogens is 1. The van der Waals surface area contributed by atoms with Crippen molar-refractivity contribution in [3.8, 4) is 5.75 Å². The molecule has 0 aliphatic heterocycles. The lowest BCUT2D eigenvalue weighted by Gasteiger charge is -2.32. The van der Waals surface area contributed by atoms with Crippen molar-refractivity contribution in [1.29, 1.82) is 0 Å². The number of amides is 1. The fraction of sp³-hybridized carbons (Fsp3) is 0.625. The summed E-state index contributed by atoms with van der Waals surface area (Å²) >= 11 is 6.06. The third-order valence-electron chi connectivity index (χ3n) is 4.23. The third kappa shape index (κ3) is 4.11. The summed E-state index contributed by atoms with van der Waals surface area (Å²) in [5, 5.41) is 12.7. The van der Waals surface area contributed by atoms with Crippen LogP contribution < -0.4 is 10.1 Å². The quantitative estimate of drug-likeness (QED) is 0.808. The van der Waals surface area contributed by atoms with Crippen LogP contribution in [0.2, 0.25) is 5.02 Å². The molecule has 1 aliphatic carbocycles. The number of pyridine rings is 1. The zero-order valence-corrected chi connectivity index (χ0v) is 14.0. The van der Waals surface area contributed by atoms with Crippen molar-refractivity contribution < 1.29 is 14.6 Å². The lowest BCUT2D eigenvalue weighted by atomic mass is 9.89. The van der Waals surface area contributed by atoms with Gasteiger partial charge >= 0.3 is 0 Å².